The van der Waals surface area contributed by atoms with Crippen LogP contribution in [-0.4, -0.2) is 29.1 Å². The van der Waals surface area contributed by atoms with Crippen LogP contribution in [0.3, 0.4) is 0 Å². The van der Waals surface area contributed by atoms with Gasteiger partial charge in [-0.05, 0) is 43.7 Å². The molecule has 0 bridgehead atoms. The number of para-hydroxylation sites is 1. The highest BCUT2D eigenvalue weighted by atomic mass is 16.5. The Balaban J connectivity index is 1.68. The van der Waals surface area contributed by atoms with E-state index < -0.39 is 0 Å². The van der Waals surface area contributed by atoms with Gasteiger partial charge in [0.1, 0.15) is 5.69 Å². The molecule has 2 aromatic rings. The van der Waals surface area contributed by atoms with Crippen molar-refractivity contribution in [3.05, 3.63) is 30.0 Å². The number of nitrogens with zero attached hydrogens (tertiary/aromatic N) is 2. The number of carbonyl (C=O) groups excluding carboxylic acids is 1. The zero-order valence-corrected chi connectivity index (χ0v) is 12.7. The van der Waals surface area contributed by atoms with Crippen molar-refractivity contribution >= 4 is 16.9 Å². The fourth-order valence-corrected chi connectivity index (χ4v) is 3.17. The number of likely N-dealkylation sites (N-methyl/N-ethyl adjacent to an activating group) is 1. The van der Waals surface area contributed by atoms with Gasteiger partial charge in [-0.3, -0.25) is 4.79 Å². The molecule has 1 fully saturated rings. The molecule has 4 heteroatoms. The van der Waals surface area contributed by atoms with Gasteiger partial charge in [0.15, 0.2) is 5.58 Å². The molecule has 1 aliphatic rings. The van der Waals surface area contributed by atoms with E-state index in [4.69, 9.17) is 4.52 Å². The zero-order valence-electron chi connectivity index (χ0n) is 12.7. The molecular formula is C17H22N2O2. The number of fused-ring (bicyclic) bond motifs is 1. The topological polar surface area (TPSA) is 46.3 Å². The molecule has 21 heavy (non-hydrogen) atoms. The first-order chi connectivity index (χ1) is 10.1. The molecule has 0 atom stereocenters. The van der Waals surface area contributed by atoms with Crippen molar-refractivity contribution in [3.63, 3.8) is 0 Å². The monoisotopic (exact) mass is 286 g/mol. The van der Waals surface area contributed by atoms with Crippen molar-refractivity contribution in [2.45, 2.75) is 45.1 Å². The summed E-state index contributed by atoms with van der Waals surface area (Å²) in [6, 6.07) is 8.07. The second kappa shape index (κ2) is 5.88. The van der Waals surface area contributed by atoms with Crippen LogP contribution < -0.4 is 0 Å². The van der Waals surface area contributed by atoms with Gasteiger partial charge in [-0.1, -0.05) is 24.2 Å². The Morgan fingerprint density at radius 1 is 1.29 bits per heavy atom. The van der Waals surface area contributed by atoms with E-state index >= 15 is 0 Å². The minimum Gasteiger partial charge on any atom is -0.356 e. The molecule has 1 heterocycles. The summed E-state index contributed by atoms with van der Waals surface area (Å²) in [5.41, 5.74) is 1.49. The van der Waals surface area contributed by atoms with Crippen molar-refractivity contribution in [2.24, 2.45) is 5.92 Å². The Morgan fingerprint density at radius 3 is 2.76 bits per heavy atom. The molecule has 3 rings (SSSR count). The molecule has 1 saturated carbocycles. The highest BCUT2D eigenvalue weighted by molar-refractivity contribution is 5.86. The summed E-state index contributed by atoms with van der Waals surface area (Å²) in [6.07, 6.45) is 4.98. The standard InChI is InChI=1S/C17H22N2O2/c1-12-7-9-13(10-8-12)19(2)17(20)11-15-14-5-3-4-6-16(14)21-18-15/h3-6,12-13H,7-11H2,1-2H3. The molecule has 1 aliphatic carbocycles. The van der Waals surface area contributed by atoms with E-state index in [-0.39, 0.29) is 5.91 Å². The minimum atomic E-state index is 0.133. The van der Waals surface area contributed by atoms with Gasteiger partial charge in [0, 0.05) is 18.5 Å². The third kappa shape index (κ3) is 2.94. The molecule has 0 radical (unpaired) electrons. The summed E-state index contributed by atoms with van der Waals surface area (Å²) in [4.78, 5) is 14.4. The molecule has 1 aromatic heterocycles. The van der Waals surface area contributed by atoms with E-state index in [2.05, 4.69) is 12.1 Å². The Hall–Kier alpha value is -1.84. The van der Waals surface area contributed by atoms with Crippen molar-refractivity contribution < 1.29 is 9.32 Å². The second-order valence-corrected chi connectivity index (χ2v) is 6.22. The quantitative estimate of drug-likeness (QED) is 0.868. The van der Waals surface area contributed by atoms with Gasteiger partial charge in [-0.15, -0.1) is 0 Å². The van der Waals surface area contributed by atoms with Gasteiger partial charge >= 0.3 is 0 Å². The van der Waals surface area contributed by atoms with Gasteiger partial charge in [0.2, 0.25) is 5.91 Å². The van der Waals surface area contributed by atoms with Crippen LogP contribution in [-0.2, 0) is 11.2 Å². The van der Waals surface area contributed by atoms with Crippen molar-refractivity contribution in [1.82, 2.24) is 10.1 Å². The van der Waals surface area contributed by atoms with Crippen LogP contribution >= 0.6 is 0 Å². The molecule has 0 saturated heterocycles. The number of amides is 1. The van der Waals surface area contributed by atoms with E-state index in [1.54, 1.807) is 0 Å². The predicted octanol–water partition coefficient (Wildman–Crippen LogP) is 3.41. The normalized spacial score (nSPS) is 22.4. The lowest BCUT2D eigenvalue weighted by Crippen LogP contribution is -2.40. The lowest BCUT2D eigenvalue weighted by atomic mass is 9.86. The number of rotatable bonds is 3. The van der Waals surface area contributed by atoms with Gasteiger partial charge in [-0.25, -0.2) is 0 Å². The Kier molecular flexibility index (Phi) is 3.95. The van der Waals surface area contributed by atoms with E-state index in [0.717, 1.165) is 35.4 Å². The molecule has 112 valence electrons. The second-order valence-electron chi connectivity index (χ2n) is 6.22. The maximum Gasteiger partial charge on any atom is 0.228 e. The molecule has 0 spiro atoms. The molecule has 1 aromatic carbocycles. The van der Waals surface area contributed by atoms with Crippen LogP contribution in [0.25, 0.3) is 11.0 Å². The smallest absolute Gasteiger partial charge is 0.228 e. The third-order valence-electron chi connectivity index (χ3n) is 4.70. The van der Waals surface area contributed by atoms with Gasteiger partial charge < -0.3 is 9.42 Å². The van der Waals surface area contributed by atoms with Crippen molar-refractivity contribution in [2.75, 3.05) is 7.05 Å². The average molecular weight is 286 g/mol. The van der Waals surface area contributed by atoms with Gasteiger partial charge in [0.05, 0.1) is 6.42 Å². The minimum absolute atomic E-state index is 0.133. The molecule has 0 aliphatic heterocycles. The first-order valence-corrected chi connectivity index (χ1v) is 7.74. The van der Waals surface area contributed by atoms with Gasteiger partial charge in [-0.2, -0.15) is 0 Å². The van der Waals surface area contributed by atoms with Crippen molar-refractivity contribution in [1.29, 1.82) is 0 Å². The Labute approximate surface area is 125 Å². The van der Waals surface area contributed by atoms with Crippen LogP contribution in [0, 0.1) is 5.92 Å². The largest absolute Gasteiger partial charge is 0.356 e. The lowest BCUT2D eigenvalue weighted by molar-refractivity contribution is -0.132. The summed E-state index contributed by atoms with van der Waals surface area (Å²) in [5, 5.41) is 4.99. The molecule has 0 N–H and O–H groups in total. The fraction of sp³-hybridized carbons (Fsp3) is 0.529. The fourth-order valence-electron chi connectivity index (χ4n) is 3.17. The van der Waals surface area contributed by atoms with E-state index in [1.807, 2.05) is 36.2 Å². The lowest BCUT2D eigenvalue weighted by Gasteiger charge is -2.33. The maximum atomic E-state index is 12.5. The number of carbonyl (C=O) groups is 1. The number of benzene rings is 1. The van der Waals surface area contributed by atoms with Crippen LogP contribution in [0.15, 0.2) is 28.8 Å². The SMILES string of the molecule is CC1CCC(N(C)C(=O)Cc2noc3ccccc23)CC1. The molecule has 1 amide bonds. The first kappa shape index (κ1) is 14.1. The zero-order chi connectivity index (χ0) is 14.8. The van der Waals surface area contributed by atoms with Crippen LogP contribution in [0.5, 0.6) is 0 Å². The highest BCUT2D eigenvalue weighted by Crippen LogP contribution is 2.27. The molecule has 4 nitrogen and oxygen atoms in total. The van der Waals surface area contributed by atoms with Crippen LogP contribution in [0.2, 0.25) is 0 Å². The Bertz CT molecular complexity index is 627. The Morgan fingerprint density at radius 2 is 2.00 bits per heavy atom. The number of hydrogen-bond acceptors (Lipinski definition) is 3. The third-order valence-corrected chi connectivity index (χ3v) is 4.70. The van der Waals surface area contributed by atoms with E-state index in [0.29, 0.717) is 12.5 Å². The summed E-state index contributed by atoms with van der Waals surface area (Å²) < 4.78 is 5.27. The number of aromatic nitrogens is 1. The summed E-state index contributed by atoms with van der Waals surface area (Å²) in [6.45, 7) is 2.29. The highest BCUT2D eigenvalue weighted by Gasteiger charge is 2.25. The van der Waals surface area contributed by atoms with Crippen LogP contribution in [0.4, 0.5) is 0 Å². The predicted molar refractivity (Wildman–Crippen MR) is 81.9 cm³/mol. The maximum absolute atomic E-state index is 12.5. The summed E-state index contributed by atoms with van der Waals surface area (Å²) in [5.74, 6) is 0.929. The van der Waals surface area contributed by atoms with Crippen molar-refractivity contribution in [3.8, 4) is 0 Å². The summed E-state index contributed by atoms with van der Waals surface area (Å²) >= 11 is 0. The summed E-state index contributed by atoms with van der Waals surface area (Å²) in [7, 11) is 1.92. The van der Waals surface area contributed by atoms with Crippen LogP contribution in [0.1, 0.15) is 38.3 Å². The molecular weight excluding hydrogens is 264 g/mol. The van der Waals surface area contributed by atoms with Gasteiger partial charge in [0.25, 0.3) is 0 Å². The number of hydrogen-bond donors (Lipinski definition) is 0. The van der Waals surface area contributed by atoms with E-state index in [1.165, 1.54) is 12.8 Å². The van der Waals surface area contributed by atoms with E-state index in [9.17, 15) is 4.79 Å². The molecule has 0 unspecified atom stereocenters. The average Bonchev–Trinajstić information content (AvgIpc) is 2.91. The first-order valence-electron chi connectivity index (χ1n) is 7.74.